The normalized spacial score (nSPS) is 15.8. The summed E-state index contributed by atoms with van der Waals surface area (Å²) in [4.78, 5) is 47.5. The van der Waals surface area contributed by atoms with E-state index in [0.717, 1.165) is 10.5 Å². The molecule has 0 saturated carbocycles. The summed E-state index contributed by atoms with van der Waals surface area (Å²) in [6.45, 7) is 6.95. The Morgan fingerprint density at radius 3 is 2.39 bits per heavy atom. The van der Waals surface area contributed by atoms with Crippen LogP contribution in [0.5, 0.6) is 0 Å². The van der Waals surface area contributed by atoms with E-state index in [4.69, 9.17) is 9.94 Å². The minimum absolute atomic E-state index is 0.0108. The minimum Gasteiger partial charge on any atom is -0.411 e. The Morgan fingerprint density at radius 1 is 1.10 bits per heavy atom. The number of oxime groups is 1. The van der Waals surface area contributed by atoms with Gasteiger partial charge in [0.2, 0.25) is 15.9 Å². The van der Waals surface area contributed by atoms with Gasteiger partial charge in [-0.25, -0.2) is 18.2 Å². The average molecular weight is 743 g/mol. The molecule has 1 aromatic heterocycles. The first-order chi connectivity index (χ1) is 24.2. The molecule has 0 unspecified atom stereocenters. The fraction of sp³-hybridized carbons (Fsp3) is 0.457. The molecule has 14 nitrogen and oxygen atoms in total. The second-order valence-corrected chi connectivity index (χ2v) is 16.0. The minimum atomic E-state index is -4.10. The van der Waals surface area contributed by atoms with Crippen LogP contribution in [-0.4, -0.2) is 107 Å². The quantitative estimate of drug-likeness (QED) is 0.0763. The molecule has 3 atom stereocenters. The molecule has 276 valence electrons. The lowest BCUT2D eigenvalue weighted by Crippen LogP contribution is -2.57. The summed E-state index contributed by atoms with van der Waals surface area (Å²) < 4.78 is 34.0. The Labute approximate surface area is 302 Å². The maximum absolute atomic E-state index is 14.1. The van der Waals surface area contributed by atoms with Crippen molar-refractivity contribution >= 4 is 45.4 Å². The van der Waals surface area contributed by atoms with Gasteiger partial charge in [-0.3, -0.25) is 14.5 Å². The molecule has 2 heterocycles. The number of aliphatic hydroxyl groups excluding tert-OH is 1. The van der Waals surface area contributed by atoms with Gasteiger partial charge in [0, 0.05) is 25.6 Å². The van der Waals surface area contributed by atoms with Gasteiger partial charge in [-0.15, -0.1) is 11.3 Å². The number of carbonyl (C=O) groups is 3. The standard InChI is InChI=1S/C35H46N6O8S2/c1-23(2)17-39(51(47,48)28-13-11-26(12-14-28)16-36-46)19-30(42)29(15-25-9-7-6-8-10-25)38-34(44)33(24(3)4)41-20-32(43)40(35(41)45)18-27-22-50-31(37-27)21-49-5/h6-14,16,22-24,29-30,33,42,46H,15,17-21H2,1-5H3,(H,38,44)/t29-,30+,33-/m0/s1. The van der Waals surface area contributed by atoms with Crippen molar-refractivity contribution in [2.45, 2.75) is 70.4 Å². The first-order valence-corrected chi connectivity index (χ1v) is 18.9. The monoisotopic (exact) mass is 742 g/mol. The van der Waals surface area contributed by atoms with E-state index in [1.165, 1.54) is 51.0 Å². The van der Waals surface area contributed by atoms with Gasteiger partial charge in [0.1, 0.15) is 17.6 Å². The fourth-order valence-electron chi connectivity index (χ4n) is 5.89. The zero-order valence-corrected chi connectivity index (χ0v) is 31.0. The molecule has 1 saturated heterocycles. The van der Waals surface area contributed by atoms with Crippen molar-refractivity contribution < 1.29 is 37.9 Å². The molecule has 1 aliphatic heterocycles. The average Bonchev–Trinajstić information content (AvgIpc) is 3.64. The molecule has 3 aromatic rings. The summed E-state index contributed by atoms with van der Waals surface area (Å²) in [5, 5.41) is 28.9. The predicted molar refractivity (Wildman–Crippen MR) is 192 cm³/mol. The lowest BCUT2D eigenvalue weighted by Gasteiger charge is -2.34. The number of nitrogens with zero attached hydrogens (tertiary/aromatic N) is 5. The summed E-state index contributed by atoms with van der Waals surface area (Å²) in [5.41, 5.74) is 1.82. The third-order valence-electron chi connectivity index (χ3n) is 8.28. The van der Waals surface area contributed by atoms with E-state index in [0.29, 0.717) is 22.9 Å². The molecule has 1 fully saturated rings. The predicted octanol–water partition coefficient (Wildman–Crippen LogP) is 3.32. The van der Waals surface area contributed by atoms with Gasteiger partial charge in [0.05, 0.1) is 42.1 Å². The number of aliphatic hydroxyl groups is 1. The Bertz CT molecular complexity index is 1770. The zero-order valence-electron chi connectivity index (χ0n) is 29.4. The van der Waals surface area contributed by atoms with E-state index < -0.39 is 52.0 Å². The number of amides is 4. The number of urea groups is 1. The molecule has 0 radical (unpaired) electrons. The molecule has 4 rings (SSSR count). The smallest absolute Gasteiger partial charge is 0.328 e. The maximum atomic E-state index is 14.1. The highest BCUT2D eigenvalue weighted by atomic mass is 32.2. The lowest BCUT2D eigenvalue weighted by atomic mass is 9.97. The van der Waals surface area contributed by atoms with Crippen molar-refractivity contribution in [2.24, 2.45) is 17.0 Å². The van der Waals surface area contributed by atoms with Crippen LogP contribution in [0.4, 0.5) is 4.79 Å². The molecular formula is C35H46N6O8S2. The highest BCUT2D eigenvalue weighted by Gasteiger charge is 2.44. The molecular weight excluding hydrogens is 697 g/mol. The van der Waals surface area contributed by atoms with Gasteiger partial charge in [0.25, 0.3) is 5.91 Å². The van der Waals surface area contributed by atoms with Crippen LogP contribution in [0, 0.1) is 11.8 Å². The number of hydrogen-bond acceptors (Lipinski definition) is 11. The van der Waals surface area contributed by atoms with E-state index in [1.54, 1.807) is 26.3 Å². The van der Waals surface area contributed by atoms with Crippen molar-refractivity contribution in [3.8, 4) is 0 Å². The number of nitrogens with one attached hydrogen (secondary N) is 1. The third kappa shape index (κ3) is 10.2. The van der Waals surface area contributed by atoms with Crippen LogP contribution in [0.2, 0.25) is 0 Å². The molecule has 0 aliphatic carbocycles. The van der Waals surface area contributed by atoms with Gasteiger partial charge in [-0.2, -0.15) is 4.31 Å². The van der Waals surface area contributed by atoms with E-state index in [9.17, 15) is 27.9 Å². The van der Waals surface area contributed by atoms with Crippen molar-refractivity contribution in [1.29, 1.82) is 0 Å². The molecule has 0 spiro atoms. The Hall–Kier alpha value is -4.22. The molecule has 1 aliphatic rings. The maximum Gasteiger partial charge on any atom is 0.328 e. The van der Waals surface area contributed by atoms with Crippen LogP contribution < -0.4 is 5.32 Å². The Kier molecular flexibility index (Phi) is 13.8. The Balaban J connectivity index is 1.58. The van der Waals surface area contributed by atoms with Gasteiger partial charge < -0.3 is 25.3 Å². The largest absolute Gasteiger partial charge is 0.411 e. The van der Waals surface area contributed by atoms with Crippen LogP contribution in [0.25, 0.3) is 0 Å². The van der Waals surface area contributed by atoms with Gasteiger partial charge in [0.15, 0.2) is 0 Å². The van der Waals surface area contributed by atoms with E-state index in [-0.39, 0.29) is 43.4 Å². The highest BCUT2D eigenvalue weighted by Crippen LogP contribution is 2.24. The summed E-state index contributed by atoms with van der Waals surface area (Å²) in [5.74, 6) is -1.56. The number of thiazole rings is 1. The first-order valence-electron chi connectivity index (χ1n) is 16.6. The van der Waals surface area contributed by atoms with E-state index in [2.05, 4.69) is 15.5 Å². The molecule has 3 N–H and O–H groups in total. The molecule has 51 heavy (non-hydrogen) atoms. The van der Waals surface area contributed by atoms with Crippen molar-refractivity contribution in [3.05, 3.63) is 81.8 Å². The third-order valence-corrected chi connectivity index (χ3v) is 11.0. The summed E-state index contributed by atoms with van der Waals surface area (Å²) in [7, 11) is -2.55. The van der Waals surface area contributed by atoms with Crippen LogP contribution in [0.15, 0.2) is 70.0 Å². The molecule has 4 amide bonds. The van der Waals surface area contributed by atoms with Crippen LogP contribution in [0.1, 0.15) is 49.5 Å². The SMILES string of the molecule is COCc1nc(CN2C(=O)CN([C@H](C(=O)N[C@@H](Cc3ccccc3)[C@H](O)CN(CC(C)C)S(=O)(=O)c3ccc(C=NO)cc3)C(C)C)C2=O)cs1. The zero-order chi connectivity index (χ0) is 37.3. The van der Waals surface area contributed by atoms with Crippen molar-refractivity contribution in [1.82, 2.24) is 24.4 Å². The van der Waals surface area contributed by atoms with E-state index in [1.807, 2.05) is 44.2 Å². The Morgan fingerprint density at radius 2 is 1.78 bits per heavy atom. The van der Waals surface area contributed by atoms with Crippen LogP contribution in [0.3, 0.4) is 0 Å². The number of rotatable bonds is 18. The topological polar surface area (TPSA) is 182 Å². The number of hydrogen-bond donors (Lipinski definition) is 3. The second-order valence-electron chi connectivity index (χ2n) is 13.1. The summed E-state index contributed by atoms with van der Waals surface area (Å²) in [6, 6.07) is 12.3. The number of ether oxygens (including phenoxy) is 1. The van der Waals surface area contributed by atoms with Crippen LogP contribution >= 0.6 is 11.3 Å². The first kappa shape index (κ1) is 39.6. The highest BCUT2D eigenvalue weighted by molar-refractivity contribution is 7.89. The molecule has 16 heteroatoms. The number of benzene rings is 2. The summed E-state index contributed by atoms with van der Waals surface area (Å²) >= 11 is 1.36. The molecule has 2 aromatic carbocycles. The van der Waals surface area contributed by atoms with Crippen molar-refractivity contribution in [3.63, 3.8) is 0 Å². The number of methoxy groups -OCH3 is 1. The second kappa shape index (κ2) is 17.8. The number of carbonyl (C=O) groups excluding carboxylic acids is 3. The molecule has 0 bridgehead atoms. The van der Waals surface area contributed by atoms with E-state index >= 15 is 0 Å². The fourth-order valence-corrected chi connectivity index (χ4v) is 8.26. The van der Waals surface area contributed by atoms with Gasteiger partial charge in [-0.05, 0) is 41.5 Å². The van der Waals surface area contributed by atoms with Gasteiger partial charge >= 0.3 is 6.03 Å². The number of aromatic nitrogens is 1. The van der Waals surface area contributed by atoms with Crippen LogP contribution in [-0.2, 0) is 43.9 Å². The number of sulfonamides is 1. The van der Waals surface area contributed by atoms with Crippen molar-refractivity contribution in [2.75, 3.05) is 26.7 Å². The van der Waals surface area contributed by atoms with Gasteiger partial charge in [-0.1, -0.05) is 75.3 Å². The summed E-state index contributed by atoms with van der Waals surface area (Å²) in [6.07, 6.45) is -0.0266. The number of imide groups is 1. The lowest BCUT2D eigenvalue weighted by molar-refractivity contribution is -0.129.